The maximum absolute atomic E-state index is 12.4. The second-order valence-corrected chi connectivity index (χ2v) is 5.18. The molecule has 0 radical (unpaired) electrons. The Morgan fingerprint density at radius 3 is 2.76 bits per heavy atom. The van der Waals surface area contributed by atoms with Gasteiger partial charge in [-0.05, 0) is 19.8 Å². The van der Waals surface area contributed by atoms with E-state index >= 15 is 0 Å². The highest BCUT2D eigenvalue weighted by Gasteiger charge is 2.33. The van der Waals surface area contributed by atoms with Crippen LogP contribution in [-0.2, 0) is 16.1 Å². The summed E-state index contributed by atoms with van der Waals surface area (Å²) in [7, 11) is 0. The largest absolute Gasteiger partial charge is 0.480 e. The third kappa shape index (κ3) is 3.36. The van der Waals surface area contributed by atoms with Crippen LogP contribution in [0, 0.1) is 5.92 Å². The second kappa shape index (κ2) is 5.90. The highest BCUT2D eigenvalue weighted by molar-refractivity contribution is 5.92. The summed E-state index contributed by atoms with van der Waals surface area (Å²) in [6.45, 7) is 1.78. The molecule has 1 aliphatic heterocycles. The molecule has 9 nitrogen and oxygen atoms in total. The lowest BCUT2D eigenvalue weighted by Gasteiger charge is -2.36. The van der Waals surface area contributed by atoms with E-state index in [4.69, 9.17) is 10.8 Å². The Balaban J connectivity index is 2.12. The zero-order chi connectivity index (χ0) is 15.6. The first-order valence-electron chi connectivity index (χ1n) is 6.60. The number of carboxylic acids is 1. The number of piperidine rings is 1. The number of hydrogen-bond donors (Lipinski definition) is 2. The fraction of sp³-hybridized carbons (Fsp3) is 0.583. The van der Waals surface area contributed by atoms with Gasteiger partial charge < -0.3 is 15.7 Å². The molecular weight excluding hydrogens is 278 g/mol. The number of carbonyl (C=O) groups excluding carboxylic acids is 2. The van der Waals surface area contributed by atoms with Crippen molar-refractivity contribution in [2.45, 2.75) is 32.4 Å². The van der Waals surface area contributed by atoms with E-state index in [-0.39, 0.29) is 36.7 Å². The molecule has 2 unspecified atom stereocenters. The molecule has 3 N–H and O–H groups in total. The molecule has 114 valence electrons. The van der Waals surface area contributed by atoms with E-state index in [1.165, 1.54) is 11.1 Å². The molecule has 0 bridgehead atoms. The minimum Gasteiger partial charge on any atom is -0.480 e. The van der Waals surface area contributed by atoms with Gasteiger partial charge >= 0.3 is 5.97 Å². The summed E-state index contributed by atoms with van der Waals surface area (Å²) in [4.78, 5) is 35.8. The molecule has 2 rings (SSSR count). The lowest BCUT2D eigenvalue weighted by atomic mass is 9.92. The van der Waals surface area contributed by atoms with Gasteiger partial charge in [-0.1, -0.05) is 5.21 Å². The Morgan fingerprint density at radius 2 is 2.14 bits per heavy atom. The van der Waals surface area contributed by atoms with Crippen LogP contribution >= 0.6 is 0 Å². The van der Waals surface area contributed by atoms with Crippen molar-refractivity contribution in [3.63, 3.8) is 0 Å². The Labute approximate surface area is 120 Å². The van der Waals surface area contributed by atoms with Gasteiger partial charge in [0.25, 0.3) is 5.91 Å². The van der Waals surface area contributed by atoms with Crippen LogP contribution in [0.25, 0.3) is 0 Å². The number of rotatable bonds is 4. The van der Waals surface area contributed by atoms with E-state index in [1.54, 1.807) is 0 Å². The number of amides is 2. The van der Waals surface area contributed by atoms with Crippen LogP contribution in [0.4, 0.5) is 0 Å². The summed E-state index contributed by atoms with van der Waals surface area (Å²) in [6, 6.07) is -0.0299. The average Bonchev–Trinajstić information content (AvgIpc) is 2.85. The number of aromatic nitrogens is 3. The standard InChI is InChI=1S/C12H17N5O4/c1-7-2-3-8(11(13)20)4-17(7)12(21)9-5-16(15-14-9)6-10(18)19/h5,7-8H,2-4,6H2,1H3,(H2,13,20)(H,18,19). The molecule has 1 aromatic heterocycles. The van der Waals surface area contributed by atoms with E-state index < -0.39 is 11.9 Å². The van der Waals surface area contributed by atoms with Gasteiger partial charge in [0, 0.05) is 12.6 Å². The zero-order valence-electron chi connectivity index (χ0n) is 11.6. The molecule has 1 fully saturated rings. The first kappa shape index (κ1) is 14.9. The molecule has 2 heterocycles. The summed E-state index contributed by atoms with van der Waals surface area (Å²) in [5.74, 6) is -2.22. The van der Waals surface area contributed by atoms with Gasteiger partial charge in [-0.15, -0.1) is 5.10 Å². The molecule has 0 saturated carbocycles. The van der Waals surface area contributed by atoms with Gasteiger partial charge in [-0.3, -0.25) is 14.4 Å². The van der Waals surface area contributed by atoms with Gasteiger partial charge in [-0.25, -0.2) is 4.68 Å². The predicted octanol–water partition coefficient (Wildman–Crippen LogP) is -0.911. The molecule has 2 amide bonds. The van der Waals surface area contributed by atoms with Crippen molar-refractivity contribution in [3.8, 4) is 0 Å². The minimum absolute atomic E-state index is 0.0299. The van der Waals surface area contributed by atoms with Crippen LogP contribution in [0.3, 0.4) is 0 Å². The monoisotopic (exact) mass is 295 g/mol. The minimum atomic E-state index is -1.07. The third-order valence-electron chi connectivity index (χ3n) is 3.60. The number of likely N-dealkylation sites (tertiary alicyclic amines) is 1. The van der Waals surface area contributed by atoms with Crippen LogP contribution < -0.4 is 5.73 Å². The van der Waals surface area contributed by atoms with Gasteiger partial charge in [0.15, 0.2) is 5.69 Å². The molecule has 2 atom stereocenters. The number of primary amides is 1. The third-order valence-corrected chi connectivity index (χ3v) is 3.60. The lowest BCUT2D eigenvalue weighted by Crippen LogP contribution is -2.48. The van der Waals surface area contributed by atoms with Gasteiger partial charge in [0.05, 0.1) is 12.1 Å². The molecule has 0 aliphatic carbocycles. The van der Waals surface area contributed by atoms with Crippen LogP contribution in [0.2, 0.25) is 0 Å². The average molecular weight is 295 g/mol. The van der Waals surface area contributed by atoms with Crippen molar-refractivity contribution in [3.05, 3.63) is 11.9 Å². The summed E-state index contributed by atoms with van der Waals surface area (Å²) < 4.78 is 1.08. The summed E-state index contributed by atoms with van der Waals surface area (Å²) in [5.41, 5.74) is 5.36. The predicted molar refractivity (Wildman–Crippen MR) is 70.1 cm³/mol. The van der Waals surface area contributed by atoms with E-state index in [1.807, 2.05) is 6.92 Å². The lowest BCUT2D eigenvalue weighted by molar-refractivity contribution is -0.138. The van der Waals surface area contributed by atoms with Gasteiger partial charge in [-0.2, -0.15) is 0 Å². The quantitative estimate of drug-likeness (QED) is 0.739. The number of nitrogens with two attached hydrogens (primary N) is 1. The highest BCUT2D eigenvalue weighted by Crippen LogP contribution is 2.23. The number of carbonyl (C=O) groups is 3. The Hall–Kier alpha value is -2.45. The molecule has 1 saturated heterocycles. The Bertz CT molecular complexity index is 570. The van der Waals surface area contributed by atoms with E-state index in [0.29, 0.717) is 12.8 Å². The van der Waals surface area contributed by atoms with Crippen LogP contribution in [0.5, 0.6) is 0 Å². The summed E-state index contributed by atoms with van der Waals surface area (Å²) >= 11 is 0. The molecule has 21 heavy (non-hydrogen) atoms. The van der Waals surface area contributed by atoms with E-state index in [2.05, 4.69) is 10.3 Å². The SMILES string of the molecule is CC1CCC(C(N)=O)CN1C(=O)c1cn(CC(=O)O)nn1. The Kier molecular flexibility index (Phi) is 4.20. The highest BCUT2D eigenvalue weighted by atomic mass is 16.4. The topological polar surface area (TPSA) is 131 Å². The van der Waals surface area contributed by atoms with Crippen molar-refractivity contribution in [2.75, 3.05) is 6.54 Å². The molecule has 1 aromatic rings. The van der Waals surface area contributed by atoms with E-state index in [9.17, 15) is 14.4 Å². The smallest absolute Gasteiger partial charge is 0.325 e. The first-order chi connectivity index (χ1) is 9.88. The van der Waals surface area contributed by atoms with E-state index in [0.717, 1.165) is 4.68 Å². The zero-order valence-corrected chi connectivity index (χ0v) is 11.6. The second-order valence-electron chi connectivity index (χ2n) is 5.18. The van der Waals surface area contributed by atoms with Crippen molar-refractivity contribution in [2.24, 2.45) is 11.7 Å². The number of carboxylic acid groups (broad SMARTS) is 1. The van der Waals surface area contributed by atoms with Crippen molar-refractivity contribution in [1.29, 1.82) is 0 Å². The molecule has 1 aliphatic rings. The Morgan fingerprint density at radius 1 is 1.43 bits per heavy atom. The number of aliphatic carboxylic acids is 1. The molecule has 0 spiro atoms. The van der Waals surface area contributed by atoms with Crippen LogP contribution in [0.1, 0.15) is 30.3 Å². The van der Waals surface area contributed by atoms with Crippen molar-refractivity contribution in [1.82, 2.24) is 19.9 Å². The molecular formula is C12H17N5O4. The first-order valence-corrected chi connectivity index (χ1v) is 6.60. The maximum Gasteiger partial charge on any atom is 0.325 e. The summed E-state index contributed by atoms with van der Waals surface area (Å²) in [6.07, 6.45) is 2.63. The normalized spacial score (nSPS) is 22.0. The maximum atomic E-state index is 12.4. The number of nitrogens with zero attached hydrogens (tertiary/aromatic N) is 4. The van der Waals surface area contributed by atoms with Gasteiger partial charge in [0.1, 0.15) is 6.54 Å². The fourth-order valence-electron chi connectivity index (χ4n) is 2.38. The summed E-state index contributed by atoms with van der Waals surface area (Å²) in [5, 5.41) is 16.0. The van der Waals surface area contributed by atoms with Crippen molar-refractivity contribution >= 4 is 17.8 Å². The fourth-order valence-corrected chi connectivity index (χ4v) is 2.38. The van der Waals surface area contributed by atoms with Gasteiger partial charge in [0.2, 0.25) is 5.91 Å². The van der Waals surface area contributed by atoms with Crippen LogP contribution in [-0.4, -0.2) is 55.4 Å². The molecule has 0 aromatic carbocycles. The van der Waals surface area contributed by atoms with Crippen LogP contribution in [0.15, 0.2) is 6.20 Å². The number of hydrogen-bond acceptors (Lipinski definition) is 5. The van der Waals surface area contributed by atoms with Crippen molar-refractivity contribution < 1.29 is 19.5 Å². The molecule has 9 heteroatoms.